The molecule has 0 amide bonds. The van der Waals surface area contributed by atoms with E-state index in [-0.39, 0.29) is 12.0 Å². The Morgan fingerprint density at radius 3 is 1.97 bits per heavy atom. The molecule has 5 unspecified atom stereocenters. The quantitative estimate of drug-likeness (QED) is 0.366. The summed E-state index contributed by atoms with van der Waals surface area (Å²) in [6, 6.07) is 0. The van der Waals surface area contributed by atoms with Gasteiger partial charge < -0.3 is 4.74 Å². The lowest BCUT2D eigenvalue weighted by Crippen LogP contribution is -2.46. The molecule has 3 aliphatic rings. The largest absolute Gasteiger partial charge is 0.372 e. The predicted molar refractivity (Wildman–Crippen MR) is 118 cm³/mol. The van der Waals surface area contributed by atoms with Crippen molar-refractivity contribution in [2.45, 2.75) is 135 Å². The molecule has 3 aliphatic carbocycles. The highest BCUT2D eigenvalue weighted by Crippen LogP contribution is 2.46. The van der Waals surface area contributed by atoms with E-state index in [9.17, 15) is 4.39 Å². The van der Waals surface area contributed by atoms with Crippen LogP contribution in [-0.4, -0.2) is 24.6 Å². The zero-order valence-electron chi connectivity index (χ0n) is 19.3. The van der Waals surface area contributed by atoms with E-state index in [0.717, 1.165) is 49.9 Å². The van der Waals surface area contributed by atoms with Gasteiger partial charge >= 0.3 is 0 Å². The van der Waals surface area contributed by atoms with Crippen molar-refractivity contribution in [3.63, 3.8) is 0 Å². The van der Waals surface area contributed by atoms with Crippen LogP contribution >= 0.6 is 0 Å². The zero-order valence-corrected chi connectivity index (χ0v) is 19.3. The van der Waals surface area contributed by atoms with Crippen molar-refractivity contribution in [1.29, 1.82) is 0 Å². The molecule has 0 N–H and O–H groups in total. The van der Waals surface area contributed by atoms with E-state index in [1.807, 2.05) is 6.92 Å². The Kier molecular flexibility index (Phi) is 9.27. The molecule has 0 saturated heterocycles. The SMILES string of the molecule is CCCCCC(C)OC1CCC(C2CCC(C3CCC(C)CC3)CC2)C(F)C1F. The monoisotopic (exact) mass is 412 g/mol. The van der Waals surface area contributed by atoms with Crippen LogP contribution in [0.15, 0.2) is 0 Å². The number of unbranched alkanes of at least 4 members (excludes halogenated alkanes) is 2. The molecular weight excluding hydrogens is 366 g/mol. The Morgan fingerprint density at radius 2 is 1.34 bits per heavy atom. The lowest BCUT2D eigenvalue weighted by Gasteiger charge is -2.43. The van der Waals surface area contributed by atoms with Crippen LogP contribution in [0.5, 0.6) is 0 Å². The summed E-state index contributed by atoms with van der Waals surface area (Å²) < 4.78 is 35.9. The molecule has 3 rings (SSSR count). The van der Waals surface area contributed by atoms with Crippen LogP contribution in [0.3, 0.4) is 0 Å². The van der Waals surface area contributed by atoms with E-state index in [0.29, 0.717) is 12.3 Å². The van der Waals surface area contributed by atoms with E-state index in [2.05, 4.69) is 13.8 Å². The van der Waals surface area contributed by atoms with Gasteiger partial charge in [-0.3, -0.25) is 0 Å². The molecule has 29 heavy (non-hydrogen) atoms. The Bertz CT molecular complexity index is 454. The van der Waals surface area contributed by atoms with Crippen molar-refractivity contribution in [1.82, 2.24) is 0 Å². The van der Waals surface area contributed by atoms with Crippen molar-refractivity contribution in [3.05, 3.63) is 0 Å². The second-order valence-corrected chi connectivity index (χ2v) is 10.8. The average Bonchev–Trinajstić information content (AvgIpc) is 2.73. The molecule has 3 saturated carbocycles. The Balaban J connectivity index is 1.42. The van der Waals surface area contributed by atoms with Crippen molar-refractivity contribution >= 4 is 0 Å². The van der Waals surface area contributed by atoms with E-state index < -0.39 is 18.4 Å². The number of halogens is 2. The van der Waals surface area contributed by atoms with E-state index in [4.69, 9.17) is 4.74 Å². The van der Waals surface area contributed by atoms with Gasteiger partial charge in [-0.25, -0.2) is 8.78 Å². The van der Waals surface area contributed by atoms with Crippen molar-refractivity contribution < 1.29 is 13.5 Å². The number of rotatable bonds is 8. The Hall–Kier alpha value is -0.180. The third kappa shape index (κ3) is 6.40. The summed E-state index contributed by atoms with van der Waals surface area (Å²) in [5.41, 5.74) is 0. The van der Waals surface area contributed by atoms with Gasteiger partial charge in [0, 0.05) is 0 Å². The maximum absolute atomic E-state index is 15.1. The maximum atomic E-state index is 15.1. The summed E-state index contributed by atoms with van der Waals surface area (Å²) in [7, 11) is 0. The van der Waals surface area contributed by atoms with Gasteiger partial charge in [0.1, 0.15) is 6.17 Å². The van der Waals surface area contributed by atoms with Crippen LogP contribution in [0.2, 0.25) is 0 Å². The van der Waals surface area contributed by atoms with E-state index in [1.165, 1.54) is 51.4 Å². The second-order valence-electron chi connectivity index (χ2n) is 10.8. The summed E-state index contributed by atoms with van der Waals surface area (Å²) >= 11 is 0. The number of alkyl halides is 2. The van der Waals surface area contributed by atoms with Gasteiger partial charge in [-0.2, -0.15) is 0 Å². The summed E-state index contributed by atoms with van der Waals surface area (Å²) in [5.74, 6) is 2.97. The molecule has 0 aromatic heterocycles. The summed E-state index contributed by atoms with van der Waals surface area (Å²) in [6.07, 6.45) is 13.0. The first-order chi connectivity index (χ1) is 14.0. The lowest BCUT2D eigenvalue weighted by molar-refractivity contribution is -0.112. The second kappa shape index (κ2) is 11.4. The van der Waals surface area contributed by atoms with Gasteiger partial charge in [0.2, 0.25) is 0 Å². The molecule has 0 heterocycles. The molecule has 0 aromatic rings. The van der Waals surface area contributed by atoms with E-state index >= 15 is 4.39 Å². The minimum atomic E-state index is -1.43. The molecule has 0 radical (unpaired) electrons. The standard InChI is InChI=1S/C26H46F2O/c1-4-5-6-7-19(3)29-24-17-16-23(25(27)26(24)28)22-14-12-21(13-15-22)20-10-8-18(2)9-11-20/h18-26H,4-17H2,1-3H3. The molecule has 3 heteroatoms. The smallest absolute Gasteiger partial charge is 0.157 e. The van der Waals surface area contributed by atoms with Gasteiger partial charge in [-0.05, 0) is 94.3 Å². The Morgan fingerprint density at radius 1 is 0.759 bits per heavy atom. The maximum Gasteiger partial charge on any atom is 0.157 e. The topological polar surface area (TPSA) is 9.23 Å². The molecule has 0 aromatic carbocycles. The Labute approximate surface area is 178 Å². The van der Waals surface area contributed by atoms with Crippen LogP contribution in [0, 0.1) is 29.6 Å². The molecule has 0 spiro atoms. The molecule has 5 atom stereocenters. The molecular formula is C26H46F2O. The van der Waals surface area contributed by atoms with Gasteiger partial charge in [0.15, 0.2) is 6.17 Å². The molecule has 1 nitrogen and oxygen atoms in total. The number of hydrogen-bond donors (Lipinski definition) is 0. The first kappa shape index (κ1) is 23.5. The van der Waals surface area contributed by atoms with Gasteiger partial charge in [-0.15, -0.1) is 0 Å². The van der Waals surface area contributed by atoms with Gasteiger partial charge in [0.25, 0.3) is 0 Å². The molecule has 0 bridgehead atoms. The zero-order chi connectivity index (χ0) is 20.8. The van der Waals surface area contributed by atoms with Crippen LogP contribution in [0.25, 0.3) is 0 Å². The highest BCUT2D eigenvalue weighted by atomic mass is 19.2. The summed E-state index contributed by atoms with van der Waals surface area (Å²) in [5, 5.41) is 0. The predicted octanol–water partition coefficient (Wildman–Crippen LogP) is 8.06. The average molecular weight is 413 g/mol. The van der Waals surface area contributed by atoms with Crippen LogP contribution < -0.4 is 0 Å². The highest BCUT2D eigenvalue weighted by molar-refractivity contribution is 4.94. The summed E-state index contributed by atoms with van der Waals surface area (Å²) in [6.45, 7) is 6.59. The first-order valence-electron chi connectivity index (χ1n) is 12.9. The van der Waals surface area contributed by atoms with Crippen LogP contribution in [0.1, 0.15) is 111 Å². The summed E-state index contributed by atoms with van der Waals surface area (Å²) in [4.78, 5) is 0. The van der Waals surface area contributed by atoms with Gasteiger partial charge in [-0.1, -0.05) is 46.0 Å². The molecule has 170 valence electrons. The first-order valence-corrected chi connectivity index (χ1v) is 12.9. The molecule has 0 aliphatic heterocycles. The fourth-order valence-electron chi connectivity index (χ4n) is 6.61. The normalized spacial score (nSPS) is 42.5. The third-order valence-corrected chi connectivity index (χ3v) is 8.62. The van der Waals surface area contributed by atoms with Crippen molar-refractivity contribution in [3.8, 4) is 0 Å². The molecule has 3 fully saturated rings. The highest BCUT2D eigenvalue weighted by Gasteiger charge is 2.45. The van der Waals surface area contributed by atoms with Crippen molar-refractivity contribution in [2.75, 3.05) is 0 Å². The fraction of sp³-hybridized carbons (Fsp3) is 1.00. The number of hydrogen-bond acceptors (Lipinski definition) is 1. The lowest BCUT2D eigenvalue weighted by atomic mass is 9.65. The van der Waals surface area contributed by atoms with Crippen LogP contribution in [0.4, 0.5) is 8.78 Å². The van der Waals surface area contributed by atoms with Crippen molar-refractivity contribution in [2.24, 2.45) is 29.6 Å². The fourth-order valence-corrected chi connectivity index (χ4v) is 6.61. The van der Waals surface area contributed by atoms with Gasteiger partial charge in [0.05, 0.1) is 12.2 Å². The van der Waals surface area contributed by atoms with Crippen LogP contribution in [-0.2, 0) is 4.74 Å². The minimum absolute atomic E-state index is 0.0437. The third-order valence-electron chi connectivity index (χ3n) is 8.62. The minimum Gasteiger partial charge on any atom is -0.372 e. The van der Waals surface area contributed by atoms with E-state index in [1.54, 1.807) is 0 Å². The number of ether oxygens (including phenoxy) is 1.